The van der Waals surface area contributed by atoms with Crippen LogP contribution in [0, 0.1) is 16.0 Å². The van der Waals surface area contributed by atoms with Crippen LogP contribution < -0.4 is 9.47 Å². The fraction of sp³-hybridized carbons (Fsp3) is 0.364. The summed E-state index contributed by atoms with van der Waals surface area (Å²) in [7, 11) is 2.66. The number of carbonyl (C=O) groups is 2. The molecule has 9 heteroatoms. The van der Waals surface area contributed by atoms with E-state index in [4.69, 9.17) is 14.2 Å². The van der Waals surface area contributed by atoms with Gasteiger partial charge in [0.25, 0.3) is 11.6 Å². The van der Waals surface area contributed by atoms with Gasteiger partial charge in [0.2, 0.25) is 0 Å². The zero-order valence-electron chi connectivity index (χ0n) is 17.1. The van der Waals surface area contributed by atoms with Gasteiger partial charge in [0.05, 0.1) is 25.2 Å². The van der Waals surface area contributed by atoms with Crippen molar-refractivity contribution in [2.24, 2.45) is 5.92 Å². The summed E-state index contributed by atoms with van der Waals surface area (Å²) in [6.45, 7) is 0.182. The monoisotopic (exact) mass is 426 g/mol. The van der Waals surface area contributed by atoms with E-state index in [0.717, 1.165) is 12.0 Å². The van der Waals surface area contributed by atoms with E-state index in [-0.39, 0.29) is 35.6 Å². The predicted octanol–water partition coefficient (Wildman–Crippen LogP) is 2.96. The average molecular weight is 426 g/mol. The van der Waals surface area contributed by atoms with Crippen LogP contribution in [-0.2, 0) is 16.1 Å². The Morgan fingerprint density at radius 1 is 1.13 bits per heavy atom. The van der Waals surface area contributed by atoms with Crippen LogP contribution in [0.25, 0.3) is 0 Å². The molecule has 2 fully saturated rings. The van der Waals surface area contributed by atoms with Gasteiger partial charge < -0.3 is 19.1 Å². The summed E-state index contributed by atoms with van der Waals surface area (Å²) in [6.07, 6.45) is 1.29. The van der Waals surface area contributed by atoms with Crippen molar-refractivity contribution in [1.82, 2.24) is 4.90 Å². The molecule has 4 rings (SSSR count). The van der Waals surface area contributed by atoms with Gasteiger partial charge >= 0.3 is 5.97 Å². The van der Waals surface area contributed by atoms with Crippen LogP contribution in [-0.4, -0.2) is 48.0 Å². The molecular weight excluding hydrogens is 404 g/mol. The number of nitro groups is 1. The number of ether oxygens (including phenoxy) is 3. The normalized spacial score (nSPS) is 21.2. The van der Waals surface area contributed by atoms with Crippen molar-refractivity contribution in [2.75, 3.05) is 14.2 Å². The van der Waals surface area contributed by atoms with E-state index >= 15 is 0 Å². The molecule has 162 valence electrons. The second-order valence-corrected chi connectivity index (χ2v) is 7.60. The summed E-state index contributed by atoms with van der Waals surface area (Å²) in [5, 5.41) is 11.8. The highest BCUT2D eigenvalue weighted by atomic mass is 16.6. The van der Waals surface area contributed by atoms with Crippen molar-refractivity contribution in [2.45, 2.75) is 31.5 Å². The van der Waals surface area contributed by atoms with Crippen LogP contribution in [0.15, 0.2) is 42.5 Å². The molecule has 0 spiro atoms. The lowest BCUT2D eigenvalue weighted by atomic mass is 10.1. The highest BCUT2D eigenvalue weighted by Crippen LogP contribution is 2.49. The van der Waals surface area contributed by atoms with Gasteiger partial charge in [-0.15, -0.1) is 0 Å². The molecule has 0 bridgehead atoms. The molecule has 0 aromatic heterocycles. The lowest BCUT2D eigenvalue weighted by molar-refractivity contribution is -0.385. The van der Waals surface area contributed by atoms with Crippen molar-refractivity contribution in [3.63, 3.8) is 0 Å². The molecule has 1 aliphatic carbocycles. The highest BCUT2D eigenvalue weighted by Gasteiger charge is 2.57. The largest absolute Gasteiger partial charge is 0.493 e. The molecule has 0 unspecified atom stereocenters. The number of benzene rings is 2. The van der Waals surface area contributed by atoms with E-state index in [9.17, 15) is 19.7 Å². The second-order valence-electron chi connectivity index (χ2n) is 7.60. The number of piperidine rings is 1. The fourth-order valence-electron chi connectivity index (χ4n) is 4.11. The van der Waals surface area contributed by atoms with Gasteiger partial charge in [-0.3, -0.25) is 14.9 Å². The van der Waals surface area contributed by atoms with E-state index in [0.29, 0.717) is 6.42 Å². The third-order valence-corrected chi connectivity index (χ3v) is 5.76. The van der Waals surface area contributed by atoms with Gasteiger partial charge in [-0.25, -0.2) is 4.79 Å². The maximum absolute atomic E-state index is 13.3. The minimum atomic E-state index is -0.735. The number of carbonyl (C=O) groups excluding carboxylic acids is 2. The number of nitrogens with zero attached hydrogens (tertiary/aromatic N) is 2. The Labute approximate surface area is 178 Å². The molecule has 0 radical (unpaired) electrons. The fourth-order valence-corrected chi connectivity index (χ4v) is 4.11. The summed E-state index contributed by atoms with van der Waals surface area (Å²) in [5.41, 5.74) is 0.335. The van der Waals surface area contributed by atoms with Crippen LogP contribution in [0.3, 0.4) is 0 Å². The minimum absolute atomic E-state index is 0.101. The van der Waals surface area contributed by atoms with Crippen molar-refractivity contribution >= 4 is 17.6 Å². The second kappa shape index (κ2) is 8.25. The lowest BCUT2D eigenvalue weighted by Crippen LogP contribution is -2.43. The topological polar surface area (TPSA) is 108 Å². The Kier molecular flexibility index (Phi) is 5.50. The molecule has 3 atom stereocenters. The first-order valence-corrected chi connectivity index (χ1v) is 9.88. The van der Waals surface area contributed by atoms with Crippen molar-refractivity contribution in [1.29, 1.82) is 0 Å². The quantitative estimate of drug-likeness (QED) is 0.380. The Morgan fingerprint density at radius 2 is 1.87 bits per heavy atom. The van der Waals surface area contributed by atoms with E-state index in [1.165, 1.54) is 31.3 Å². The molecule has 1 saturated carbocycles. The average Bonchev–Trinajstić information content (AvgIpc) is 3.46. The zero-order chi connectivity index (χ0) is 22.1. The predicted molar refractivity (Wildman–Crippen MR) is 109 cm³/mol. The molecule has 1 amide bonds. The lowest BCUT2D eigenvalue weighted by Gasteiger charge is -2.25. The van der Waals surface area contributed by atoms with Crippen LogP contribution in [0.4, 0.5) is 5.69 Å². The SMILES string of the molecule is COC(=O)[C@@H]1C[C@H]2C[C@H]2N1C(=O)c1cc(OC)c(OCc2ccccc2)cc1[N+](=O)[O-]. The Hall–Kier alpha value is -3.62. The number of esters is 1. The van der Waals surface area contributed by atoms with Crippen molar-refractivity contribution in [3.05, 3.63) is 63.7 Å². The first-order chi connectivity index (χ1) is 14.9. The highest BCUT2D eigenvalue weighted by molar-refractivity contribution is 6.01. The first-order valence-electron chi connectivity index (χ1n) is 9.88. The molecule has 9 nitrogen and oxygen atoms in total. The van der Waals surface area contributed by atoms with Gasteiger partial charge in [0.1, 0.15) is 18.2 Å². The van der Waals surface area contributed by atoms with E-state index < -0.39 is 28.5 Å². The summed E-state index contributed by atoms with van der Waals surface area (Å²) in [6, 6.07) is 11.0. The Balaban J connectivity index is 1.66. The zero-order valence-corrected chi connectivity index (χ0v) is 17.1. The van der Waals surface area contributed by atoms with Crippen molar-refractivity contribution in [3.8, 4) is 11.5 Å². The number of hydrogen-bond donors (Lipinski definition) is 0. The summed E-state index contributed by atoms with van der Waals surface area (Å²) in [4.78, 5) is 38.0. The van der Waals surface area contributed by atoms with Gasteiger partial charge in [-0.1, -0.05) is 30.3 Å². The number of amides is 1. The summed E-state index contributed by atoms with van der Waals surface area (Å²) in [5.74, 6) is -0.517. The molecule has 1 aliphatic heterocycles. The Morgan fingerprint density at radius 3 is 2.52 bits per heavy atom. The molecule has 2 aromatic carbocycles. The number of nitro benzene ring substituents is 1. The van der Waals surface area contributed by atoms with E-state index in [1.807, 2.05) is 30.3 Å². The number of hydrogen-bond acceptors (Lipinski definition) is 7. The van der Waals surface area contributed by atoms with Gasteiger partial charge in [-0.2, -0.15) is 0 Å². The number of methoxy groups -OCH3 is 2. The van der Waals surface area contributed by atoms with Crippen LogP contribution in [0.5, 0.6) is 11.5 Å². The van der Waals surface area contributed by atoms with Crippen LogP contribution in [0.2, 0.25) is 0 Å². The molecule has 1 saturated heterocycles. The van der Waals surface area contributed by atoms with Gasteiger partial charge in [-0.05, 0) is 24.3 Å². The first kappa shape index (κ1) is 20.6. The minimum Gasteiger partial charge on any atom is -0.493 e. The molecule has 2 aliphatic rings. The molecule has 2 aromatic rings. The van der Waals surface area contributed by atoms with Crippen molar-refractivity contribution < 1.29 is 28.7 Å². The maximum atomic E-state index is 13.3. The summed E-state index contributed by atoms with van der Waals surface area (Å²) < 4.78 is 15.9. The third kappa shape index (κ3) is 3.90. The number of rotatable bonds is 7. The summed E-state index contributed by atoms with van der Waals surface area (Å²) >= 11 is 0. The van der Waals surface area contributed by atoms with E-state index in [1.54, 1.807) is 0 Å². The molecule has 1 heterocycles. The molecule has 31 heavy (non-hydrogen) atoms. The van der Waals surface area contributed by atoms with Crippen LogP contribution in [0.1, 0.15) is 28.8 Å². The van der Waals surface area contributed by atoms with Gasteiger partial charge in [0, 0.05) is 12.1 Å². The molecule has 0 N–H and O–H groups in total. The Bertz CT molecular complexity index is 1020. The smallest absolute Gasteiger partial charge is 0.328 e. The van der Waals surface area contributed by atoms with Gasteiger partial charge in [0.15, 0.2) is 11.5 Å². The maximum Gasteiger partial charge on any atom is 0.328 e. The van der Waals surface area contributed by atoms with E-state index in [2.05, 4.69) is 0 Å². The third-order valence-electron chi connectivity index (χ3n) is 5.76. The standard InChI is InChI=1S/C22H22N2O7/c1-29-19-10-15(21(25)23-16-8-14(16)9-18(23)22(26)30-2)17(24(27)28)11-20(19)31-12-13-6-4-3-5-7-13/h3-7,10-11,14,16,18H,8-9,12H2,1-2H3/t14-,16-,18+/m1/s1. The number of likely N-dealkylation sites (tertiary alicyclic amines) is 1. The molecular formula is C22H22N2O7. The number of fused-ring (bicyclic) bond motifs is 1. The van der Waals surface area contributed by atoms with Crippen LogP contribution >= 0.6 is 0 Å².